The maximum atomic E-state index is 10.9. The molecule has 0 aliphatic carbocycles. The molecule has 0 aliphatic rings. The van der Waals surface area contributed by atoms with Crippen molar-refractivity contribution in [3.8, 4) is 0 Å². The number of amides is 1. The minimum absolute atomic E-state index is 0.0310. The first-order chi connectivity index (χ1) is 4.95. The highest BCUT2D eigenvalue weighted by Gasteiger charge is 2.15. The van der Waals surface area contributed by atoms with E-state index in [-0.39, 0.29) is 18.9 Å². The van der Waals surface area contributed by atoms with E-state index >= 15 is 0 Å². The fourth-order valence-corrected chi connectivity index (χ4v) is 0.672. The summed E-state index contributed by atoms with van der Waals surface area (Å²) in [6.07, 6.45) is 0.285. The molecular weight excluding hydrogens is 144 g/mol. The molecule has 0 aliphatic heterocycles. The Morgan fingerprint density at radius 3 is 2.55 bits per heavy atom. The van der Waals surface area contributed by atoms with Crippen LogP contribution in [0.15, 0.2) is 0 Å². The molecule has 0 bridgehead atoms. The van der Waals surface area contributed by atoms with Gasteiger partial charge < -0.3 is 16.2 Å². The van der Waals surface area contributed by atoms with Gasteiger partial charge in [-0.2, -0.15) is 0 Å². The van der Waals surface area contributed by atoms with Crippen molar-refractivity contribution in [1.29, 1.82) is 0 Å². The van der Waals surface area contributed by atoms with Crippen molar-refractivity contribution in [3.05, 3.63) is 0 Å². The Kier molecular flexibility index (Phi) is 4.07. The van der Waals surface area contributed by atoms with E-state index in [0.717, 1.165) is 0 Å². The standard InChI is InChI=1S/C7H16N2O2/c1-7(2,8)5-6(11)9-3-4-10/h10H,3-5,8H2,1-2H3,(H,9,11). The Labute approximate surface area is 66.8 Å². The molecule has 0 fully saturated rings. The fourth-order valence-electron chi connectivity index (χ4n) is 0.672. The Bertz CT molecular complexity index is 129. The minimum atomic E-state index is -0.473. The molecule has 0 unspecified atom stereocenters. The van der Waals surface area contributed by atoms with E-state index in [1.165, 1.54) is 0 Å². The summed E-state index contributed by atoms with van der Waals surface area (Å²) in [6.45, 7) is 3.84. The SMILES string of the molecule is CC(C)(N)CC(=O)NCCO. The second-order valence-electron chi connectivity index (χ2n) is 3.24. The molecule has 11 heavy (non-hydrogen) atoms. The number of nitrogens with two attached hydrogens (primary N) is 1. The maximum Gasteiger partial charge on any atom is 0.221 e. The van der Waals surface area contributed by atoms with Gasteiger partial charge in [-0.25, -0.2) is 0 Å². The zero-order valence-corrected chi connectivity index (χ0v) is 7.05. The zero-order chi connectivity index (χ0) is 8.91. The number of aliphatic hydroxyl groups excluding tert-OH is 1. The van der Waals surface area contributed by atoms with Gasteiger partial charge in [0, 0.05) is 18.5 Å². The predicted octanol–water partition coefficient (Wildman–Crippen LogP) is -0.778. The molecule has 0 saturated heterocycles. The number of hydrogen-bond acceptors (Lipinski definition) is 3. The molecule has 4 nitrogen and oxygen atoms in total. The van der Waals surface area contributed by atoms with Crippen LogP contribution in [0.5, 0.6) is 0 Å². The summed E-state index contributed by atoms with van der Waals surface area (Å²) < 4.78 is 0. The van der Waals surface area contributed by atoms with E-state index in [4.69, 9.17) is 10.8 Å². The summed E-state index contributed by atoms with van der Waals surface area (Å²) in [6, 6.07) is 0. The summed E-state index contributed by atoms with van der Waals surface area (Å²) in [5, 5.41) is 10.9. The van der Waals surface area contributed by atoms with Crippen molar-refractivity contribution in [2.24, 2.45) is 5.73 Å². The number of aliphatic hydroxyl groups is 1. The van der Waals surface area contributed by atoms with Crippen molar-refractivity contribution in [1.82, 2.24) is 5.32 Å². The molecule has 0 rings (SSSR count). The molecule has 0 atom stereocenters. The molecule has 0 spiro atoms. The van der Waals surface area contributed by atoms with Gasteiger partial charge in [0.25, 0.3) is 0 Å². The highest BCUT2D eigenvalue weighted by molar-refractivity contribution is 5.76. The highest BCUT2D eigenvalue weighted by atomic mass is 16.3. The third kappa shape index (κ3) is 7.29. The van der Waals surface area contributed by atoms with Crippen molar-refractivity contribution < 1.29 is 9.90 Å². The van der Waals surface area contributed by atoms with Crippen LogP contribution in [0.3, 0.4) is 0 Å². The summed E-state index contributed by atoms with van der Waals surface area (Å²) in [5.41, 5.74) is 5.11. The normalized spacial score (nSPS) is 11.3. The molecule has 0 aromatic carbocycles. The van der Waals surface area contributed by atoms with Gasteiger partial charge in [0.2, 0.25) is 5.91 Å². The summed E-state index contributed by atoms with van der Waals surface area (Å²) in [7, 11) is 0. The molecule has 4 heteroatoms. The predicted molar refractivity (Wildman–Crippen MR) is 43.0 cm³/mol. The van der Waals surface area contributed by atoms with Gasteiger partial charge >= 0.3 is 0 Å². The number of carbonyl (C=O) groups is 1. The maximum absolute atomic E-state index is 10.9. The third-order valence-electron chi connectivity index (χ3n) is 1.05. The molecular formula is C7H16N2O2. The quantitative estimate of drug-likeness (QED) is 0.505. The lowest BCUT2D eigenvalue weighted by atomic mass is 10.0. The number of rotatable bonds is 4. The molecule has 0 aromatic rings. The average molecular weight is 160 g/mol. The lowest BCUT2D eigenvalue weighted by molar-refractivity contribution is -0.122. The fraction of sp³-hybridized carbons (Fsp3) is 0.857. The van der Waals surface area contributed by atoms with Gasteiger partial charge in [-0.3, -0.25) is 4.79 Å². The van der Waals surface area contributed by atoms with Crippen LogP contribution in [0, 0.1) is 0 Å². The molecule has 0 radical (unpaired) electrons. The van der Waals surface area contributed by atoms with E-state index in [0.29, 0.717) is 6.54 Å². The first-order valence-corrected chi connectivity index (χ1v) is 3.62. The van der Waals surface area contributed by atoms with Gasteiger partial charge in [0.15, 0.2) is 0 Å². The Morgan fingerprint density at radius 2 is 2.18 bits per heavy atom. The Hall–Kier alpha value is -0.610. The van der Waals surface area contributed by atoms with E-state index in [9.17, 15) is 4.79 Å². The van der Waals surface area contributed by atoms with E-state index in [2.05, 4.69) is 5.32 Å². The van der Waals surface area contributed by atoms with Gasteiger partial charge in [0.05, 0.1) is 6.61 Å². The third-order valence-corrected chi connectivity index (χ3v) is 1.05. The highest BCUT2D eigenvalue weighted by Crippen LogP contribution is 2.01. The van der Waals surface area contributed by atoms with Crippen LogP contribution >= 0.6 is 0 Å². The van der Waals surface area contributed by atoms with Crippen molar-refractivity contribution in [3.63, 3.8) is 0 Å². The largest absolute Gasteiger partial charge is 0.395 e. The molecule has 4 N–H and O–H groups in total. The Balaban J connectivity index is 3.53. The van der Waals surface area contributed by atoms with Crippen LogP contribution in [-0.2, 0) is 4.79 Å². The second-order valence-corrected chi connectivity index (χ2v) is 3.24. The lowest BCUT2D eigenvalue weighted by Gasteiger charge is -2.17. The summed E-state index contributed by atoms with van der Waals surface area (Å²) >= 11 is 0. The summed E-state index contributed by atoms with van der Waals surface area (Å²) in [5.74, 6) is -0.119. The van der Waals surface area contributed by atoms with Gasteiger partial charge in [0.1, 0.15) is 0 Å². The number of carbonyl (C=O) groups excluding carboxylic acids is 1. The number of nitrogens with one attached hydrogen (secondary N) is 1. The van der Waals surface area contributed by atoms with Crippen molar-refractivity contribution in [2.75, 3.05) is 13.2 Å². The van der Waals surface area contributed by atoms with Gasteiger partial charge in [-0.05, 0) is 13.8 Å². The van der Waals surface area contributed by atoms with Crippen LogP contribution in [-0.4, -0.2) is 29.7 Å². The average Bonchev–Trinajstić information content (AvgIpc) is 1.79. The van der Waals surface area contributed by atoms with E-state index in [1.54, 1.807) is 13.8 Å². The van der Waals surface area contributed by atoms with Crippen LogP contribution in [0.1, 0.15) is 20.3 Å². The van der Waals surface area contributed by atoms with Crippen LogP contribution in [0.25, 0.3) is 0 Å². The van der Waals surface area contributed by atoms with E-state index in [1.807, 2.05) is 0 Å². The molecule has 0 saturated carbocycles. The van der Waals surface area contributed by atoms with Crippen LogP contribution in [0.2, 0.25) is 0 Å². The first-order valence-electron chi connectivity index (χ1n) is 3.62. The van der Waals surface area contributed by atoms with Crippen LogP contribution in [0.4, 0.5) is 0 Å². The molecule has 0 aromatic heterocycles. The number of hydrogen-bond donors (Lipinski definition) is 3. The zero-order valence-electron chi connectivity index (χ0n) is 7.05. The summed E-state index contributed by atoms with van der Waals surface area (Å²) in [4.78, 5) is 10.9. The smallest absolute Gasteiger partial charge is 0.221 e. The molecule has 66 valence electrons. The van der Waals surface area contributed by atoms with Gasteiger partial charge in [-0.1, -0.05) is 0 Å². The van der Waals surface area contributed by atoms with Crippen molar-refractivity contribution >= 4 is 5.91 Å². The second kappa shape index (κ2) is 4.31. The topological polar surface area (TPSA) is 75.4 Å². The molecule has 0 heterocycles. The first kappa shape index (κ1) is 10.4. The van der Waals surface area contributed by atoms with Gasteiger partial charge in [-0.15, -0.1) is 0 Å². The molecule has 1 amide bonds. The minimum Gasteiger partial charge on any atom is -0.395 e. The van der Waals surface area contributed by atoms with Crippen LogP contribution < -0.4 is 11.1 Å². The lowest BCUT2D eigenvalue weighted by Crippen LogP contribution is -2.39. The monoisotopic (exact) mass is 160 g/mol. The Morgan fingerprint density at radius 1 is 1.64 bits per heavy atom. The van der Waals surface area contributed by atoms with E-state index < -0.39 is 5.54 Å². The van der Waals surface area contributed by atoms with Crippen molar-refractivity contribution in [2.45, 2.75) is 25.8 Å².